The Morgan fingerprint density at radius 2 is 1.70 bits per heavy atom. The molecular formula is C23H26N5O2+. The van der Waals surface area contributed by atoms with Gasteiger partial charge in [0.2, 0.25) is 5.91 Å². The molecule has 7 nitrogen and oxygen atoms in total. The van der Waals surface area contributed by atoms with E-state index < -0.39 is 0 Å². The summed E-state index contributed by atoms with van der Waals surface area (Å²) in [6, 6.07) is 18.2. The number of aromatic nitrogens is 1. The molecule has 2 aromatic carbocycles. The monoisotopic (exact) mass is 404 g/mol. The van der Waals surface area contributed by atoms with Gasteiger partial charge in [0, 0.05) is 43.2 Å². The minimum absolute atomic E-state index is 0.142. The molecule has 0 aliphatic rings. The quantitative estimate of drug-likeness (QED) is 0.528. The number of anilines is 4. The second-order valence-corrected chi connectivity index (χ2v) is 6.88. The lowest BCUT2D eigenvalue weighted by Crippen LogP contribution is -2.34. The zero-order chi connectivity index (χ0) is 21.5. The molecule has 30 heavy (non-hydrogen) atoms. The molecule has 0 saturated carbocycles. The summed E-state index contributed by atoms with van der Waals surface area (Å²) in [6.07, 6.45) is 3.96. The van der Waals surface area contributed by atoms with Gasteiger partial charge in [0.05, 0.1) is 17.8 Å². The molecule has 3 rings (SSSR count). The minimum Gasteiger partial charge on any atom is -0.398 e. The topological polar surface area (TPSA) is 91.3 Å². The summed E-state index contributed by atoms with van der Waals surface area (Å²) >= 11 is 0. The molecule has 0 spiro atoms. The molecule has 4 N–H and O–H groups in total. The molecule has 0 aliphatic carbocycles. The minimum atomic E-state index is -0.156. The maximum Gasteiger partial charge on any atom is 0.258 e. The third-order valence-electron chi connectivity index (χ3n) is 4.77. The highest BCUT2D eigenvalue weighted by Crippen LogP contribution is 2.25. The number of carbonyl (C=O) groups excluding carboxylic acids is 2. The van der Waals surface area contributed by atoms with E-state index in [2.05, 4.69) is 10.6 Å². The number of nitrogens with two attached hydrogens (primary N) is 1. The van der Waals surface area contributed by atoms with Crippen LogP contribution in [0.15, 0.2) is 73.1 Å². The number of benzene rings is 2. The van der Waals surface area contributed by atoms with Gasteiger partial charge in [0.25, 0.3) is 5.91 Å². The van der Waals surface area contributed by atoms with Gasteiger partial charge in [-0.2, -0.15) is 0 Å². The van der Waals surface area contributed by atoms with Crippen LogP contribution in [-0.2, 0) is 11.3 Å². The molecular weight excluding hydrogens is 378 g/mol. The fourth-order valence-electron chi connectivity index (χ4n) is 3.02. The maximum atomic E-state index is 12.9. The van der Waals surface area contributed by atoms with Gasteiger partial charge in [-0.15, -0.1) is 0 Å². The van der Waals surface area contributed by atoms with E-state index in [0.29, 0.717) is 29.9 Å². The molecule has 0 aliphatic heterocycles. The molecule has 1 heterocycles. The molecule has 154 valence electrons. The largest absolute Gasteiger partial charge is 0.398 e. The first-order valence-corrected chi connectivity index (χ1v) is 9.67. The third kappa shape index (κ3) is 5.14. The van der Waals surface area contributed by atoms with Gasteiger partial charge >= 0.3 is 0 Å². The van der Waals surface area contributed by atoms with Gasteiger partial charge in [-0.05, 0) is 30.3 Å². The van der Waals surface area contributed by atoms with Crippen LogP contribution < -0.4 is 25.8 Å². The summed E-state index contributed by atoms with van der Waals surface area (Å²) in [5, 5.41) is 5.96. The van der Waals surface area contributed by atoms with Crippen LogP contribution in [0, 0.1) is 0 Å². The van der Waals surface area contributed by atoms with Gasteiger partial charge in [0.15, 0.2) is 18.9 Å². The van der Waals surface area contributed by atoms with Crippen LogP contribution in [0.25, 0.3) is 0 Å². The molecule has 0 bridgehead atoms. The second kappa shape index (κ2) is 9.56. The zero-order valence-corrected chi connectivity index (χ0v) is 17.1. The summed E-state index contributed by atoms with van der Waals surface area (Å²) in [7, 11) is 3.50. The van der Waals surface area contributed by atoms with Crippen molar-refractivity contribution in [1.82, 2.24) is 0 Å². The first-order chi connectivity index (χ1) is 14.5. The average molecular weight is 404 g/mol. The third-order valence-corrected chi connectivity index (χ3v) is 4.77. The number of rotatable bonds is 7. The Labute approximate surface area is 176 Å². The van der Waals surface area contributed by atoms with Crippen LogP contribution in [0.4, 0.5) is 22.7 Å². The van der Waals surface area contributed by atoms with Crippen molar-refractivity contribution in [1.29, 1.82) is 0 Å². The number of pyridine rings is 1. The van der Waals surface area contributed by atoms with E-state index in [0.717, 1.165) is 11.4 Å². The van der Waals surface area contributed by atoms with Crippen LogP contribution in [-0.4, -0.2) is 25.9 Å². The SMILES string of the molecule is CNc1ccc(C(=O)N(C)c2ccccc2)cc1NC(=O)CC[n+]1ccc(N)cc1. The number of para-hydroxylation sites is 1. The Morgan fingerprint density at radius 1 is 1.00 bits per heavy atom. The van der Waals surface area contributed by atoms with Crippen LogP contribution in [0.5, 0.6) is 0 Å². The standard InChI is InChI=1S/C23H25N5O2/c1-25-20-9-8-17(23(30)27(2)19-6-4-3-5-7-19)16-21(20)26-22(29)12-15-28-13-10-18(24)11-14-28/h3-11,13-14,16,24H,12,15H2,1-2H3,(H2,25,26,29,30)/p+1. The molecule has 0 atom stereocenters. The number of aryl methyl sites for hydroxylation is 1. The molecule has 0 saturated heterocycles. The van der Waals surface area contributed by atoms with Gasteiger partial charge in [-0.1, -0.05) is 18.2 Å². The Hall–Kier alpha value is -3.87. The lowest BCUT2D eigenvalue weighted by molar-refractivity contribution is -0.695. The van der Waals surface area contributed by atoms with E-state index in [9.17, 15) is 9.59 Å². The Bertz CT molecular complexity index is 1020. The summed E-state index contributed by atoms with van der Waals surface area (Å²) in [5.41, 5.74) is 8.95. The average Bonchev–Trinajstić information content (AvgIpc) is 2.78. The fraction of sp³-hybridized carbons (Fsp3) is 0.174. The summed E-state index contributed by atoms with van der Waals surface area (Å²) in [4.78, 5) is 27.0. The number of amides is 2. The molecule has 1 aromatic heterocycles. The van der Waals surface area contributed by atoms with E-state index in [1.807, 2.05) is 47.3 Å². The second-order valence-electron chi connectivity index (χ2n) is 6.88. The predicted molar refractivity (Wildman–Crippen MR) is 119 cm³/mol. The first kappa shape index (κ1) is 20.9. The van der Waals surface area contributed by atoms with Crippen LogP contribution in [0.2, 0.25) is 0 Å². The van der Waals surface area contributed by atoms with Crippen molar-refractivity contribution in [3.8, 4) is 0 Å². The van der Waals surface area contributed by atoms with Crippen molar-refractivity contribution in [3.63, 3.8) is 0 Å². The van der Waals surface area contributed by atoms with E-state index >= 15 is 0 Å². The highest BCUT2D eigenvalue weighted by atomic mass is 16.2. The van der Waals surface area contributed by atoms with E-state index in [1.165, 1.54) is 0 Å². The van der Waals surface area contributed by atoms with Gasteiger partial charge in [-0.3, -0.25) is 9.59 Å². The van der Waals surface area contributed by atoms with Crippen molar-refractivity contribution < 1.29 is 14.2 Å². The number of nitrogen functional groups attached to an aromatic ring is 1. The molecule has 0 radical (unpaired) electrons. The zero-order valence-electron chi connectivity index (χ0n) is 17.1. The number of nitrogens with zero attached hydrogens (tertiary/aromatic N) is 2. The highest BCUT2D eigenvalue weighted by Gasteiger charge is 2.16. The van der Waals surface area contributed by atoms with E-state index in [4.69, 9.17) is 5.73 Å². The Morgan fingerprint density at radius 3 is 2.37 bits per heavy atom. The molecule has 0 fully saturated rings. The van der Waals surface area contributed by atoms with Crippen molar-refractivity contribution in [2.75, 3.05) is 35.4 Å². The van der Waals surface area contributed by atoms with E-state index in [1.54, 1.807) is 49.3 Å². The summed E-state index contributed by atoms with van der Waals surface area (Å²) in [5.74, 6) is -0.298. The fourth-order valence-corrected chi connectivity index (χ4v) is 3.02. The van der Waals surface area contributed by atoms with Crippen molar-refractivity contribution >= 4 is 34.6 Å². The van der Waals surface area contributed by atoms with Crippen LogP contribution in [0.1, 0.15) is 16.8 Å². The van der Waals surface area contributed by atoms with Crippen molar-refractivity contribution in [2.24, 2.45) is 0 Å². The van der Waals surface area contributed by atoms with E-state index in [-0.39, 0.29) is 11.8 Å². The number of carbonyl (C=O) groups is 2. The molecule has 3 aromatic rings. The maximum absolute atomic E-state index is 12.9. The lowest BCUT2D eigenvalue weighted by Gasteiger charge is -2.19. The normalized spacial score (nSPS) is 10.3. The van der Waals surface area contributed by atoms with Gasteiger partial charge in [-0.25, -0.2) is 4.57 Å². The van der Waals surface area contributed by atoms with Crippen LogP contribution >= 0.6 is 0 Å². The van der Waals surface area contributed by atoms with Crippen molar-refractivity contribution in [3.05, 3.63) is 78.6 Å². The summed E-state index contributed by atoms with van der Waals surface area (Å²) in [6.45, 7) is 0.524. The molecule has 0 unspecified atom stereocenters. The molecule has 2 amide bonds. The Kier molecular flexibility index (Phi) is 6.64. The number of hydrogen-bond acceptors (Lipinski definition) is 4. The lowest BCUT2D eigenvalue weighted by atomic mass is 10.1. The predicted octanol–water partition coefficient (Wildman–Crippen LogP) is 2.90. The number of hydrogen-bond donors (Lipinski definition) is 3. The Balaban J connectivity index is 1.71. The first-order valence-electron chi connectivity index (χ1n) is 9.67. The highest BCUT2D eigenvalue weighted by molar-refractivity contribution is 6.07. The number of nitrogens with one attached hydrogen (secondary N) is 2. The smallest absolute Gasteiger partial charge is 0.258 e. The summed E-state index contributed by atoms with van der Waals surface area (Å²) < 4.78 is 1.89. The van der Waals surface area contributed by atoms with Gasteiger partial charge in [0.1, 0.15) is 0 Å². The van der Waals surface area contributed by atoms with Crippen molar-refractivity contribution in [2.45, 2.75) is 13.0 Å². The van der Waals surface area contributed by atoms with Gasteiger partial charge < -0.3 is 21.3 Å². The van der Waals surface area contributed by atoms with Crippen LogP contribution in [0.3, 0.4) is 0 Å². The molecule has 7 heteroatoms.